The highest BCUT2D eigenvalue weighted by Gasteiger charge is 2.28. The Labute approximate surface area is 80.1 Å². The molecule has 0 aromatic carbocycles. The summed E-state index contributed by atoms with van der Waals surface area (Å²) in [6, 6.07) is 0. The quantitative estimate of drug-likeness (QED) is 0.648. The van der Waals surface area contributed by atoms with Crippen molar-refractivity contribution in [1.82, 2.24) is 4.90 Å². The predicted octanol–water partition coefficient (Wildman–Crippen LogP) is 1.28. The molecule has 0 bridgehead atoms. The average Bonchev–Trinajstić information content (AvgIpc) is 2.03. The fourth-order valence-electron chi connectivity index (χ4n) is 1.85. The minimum absolute atomic E-state index is 0.121. The lowest BCUT2D eigenvalue weighted by Gasteiger charge is -2.37. The molecule has 0 atom stereocenters. The molecule has 0 unspecified atom stereocenters. The normalized spacial score (nSPS) is 21.6. The molecule has 1 rings (SSSR count). The van der Waals surface area contributed by atoms with E-state index >= 15 is 0 Å². The fourth-order valence-corrected chi connectivity index (χ4v) is 1.85. The summed E-state index contributed by atoms with van der Waals surface area (Å²) < 4.78 is 4.83. The number of hydrogen-bond donors (Lipinski definition) is 0. The molecule has 1 aliphatic heterocycles. The number of ether oxygens (including phenoxy) is 1. The molecule has 0 spiro atoms. The first-order chi connectivity index (χ1) is 6.05. The van der Waals surface area contributed by atoms with E-state index in [1.54, 1.807) is 7.11 Å². The van der Waals surface area contributed by atoms with E-state index in [0.717, 1.165) is 19.5 Å². The van der Waals surface area contributed by atoms with Crippen LogP contribution in [0.5, 0.6) is 0 Å². The van der Waals surface area contributed by atoms with Crippen LogP contribution in [0.1, 0.15) is 26.7 Å². The number of likely N-dealkylation sites (tertiary alicyclic amines) is 1. The van der Waals surface area contributed by atoms with Crippen LogP contribution in [-0.2, 0) is 9.53 Å². The molecule has 3 nitrogen and oxygen atoms in total. The van der Waals surface area contributed by atoms with E-state index in [1.807, 2.05) is 4.90 Å². The van der Waals surface area contributed by atoms with Crippen molar-refractivity contribution in [3.05, 3.63) is 0 Å². The van der Waals surface area contributed by atoms with Crippen molar-refractivity contribution in [3.63, 3.8) is 0 Å². The van der Waals surface area contributed by atoms with E-state index in [9.17, 15) is 4.79 Å². The molecule has 0 radical (unpaired) electrons. The third-order valence-corrected chi connectivity index (χ3v) is 2.52. The highest BCUT2D eigenvalue weighted by molar-refractivity contribution is 5.77. The highest BCUT2D eigenvalue weighted by atomic mass is 16.5. The monoisotopic (exact) mass is 185 g/mol. The van der Waals surface area contributed by atoms with Crippen molar-refractivity contribution in [2.24, 2.45) is 5.41 Å². The summed E-state index contributed by atoms with van der Waals surface area (Å²) in [6.07, 6.45) is 2.33. The van der Waals surface area contributed by atoms with Crippen LogP contribution in [0, 0.1) is 5.41 Å². The van der Waals surface area contributed by atoms with Crippen LogP contribution in [-0.4, -0.2) is 37.6 Å². The first kappa shape index (κ1) is 10.5. The molecule has 0 N–H and O–H groups in total. The molecule has 3 heteroatoms. The van der Waals surface area contributed by atoms with Gasteiger partial charge in [-0.15, -0.1) is 0 Å². The molecular formula is C10H19NO2. The van der Waals surface area contributed by atoms with Crippen LogP contribution >= 0.6 is 0 Å². The van der Waals surface area contributed by atoms with Crippen LogP contribution in [0.25, 0.3) is 0 Å². The second-order valence-corrected chi connectivity index (χ2v) is 4.52. The maximum absolute atomic E-state index is 11.5. The molecule has 0 saturated carbocycles. The Morgan fingerprint density at radius 3 is 2.77 bits per heavy atom. The van der Waals surface area contributed by atoms with Crippen LogP contribution in [0.3, 0.4) is 0 Å². The Kier molecular flexibility index (Phi) is 3.31. The molecule has 1 aliphatic rings. The van der Waals surface area contributed by atoms with Gasteiger partial charge in [0.25, 0.3) is 0 Å². The summed E-state index contributed by atoms with van der Waals surface area (Å²) in [5.41, 5.74) is 0.279. The zero-order chi connectivity index (χ0) is 9.90. The van der Waals surface area contributed by atoms with E-state index in [4.69, 9.17) is 4.74 Å². The summed E-state index contributed by atoms with van der Waals surface area (Å²) in [5, 5.41) is 0. The third-order valence-electron chi connectivity index (χ3n) is 2.52. The van der Waals surface area contributed by atoms with Gasteiger partial charge in [-0.25, -0.2) is 0 Å². The first-order valence-electron chi connectivity index (χ1n) is 4.82. The van der Waals surface area contributed by atoms with Gasteiger partial charge in [-0.1, -0.05) is 13.8 Å². The standard InChI is InChI=1S/C10H19NO2/c1-10(2)5-4-6-11(8-10)9(12)7-13-3/h4-8H2,1-3H3. The second kappa shape index (κ2) is 4.09. The number of nitrogens with zero attached hydrogens (tertiary/aromatic N) is 1. The summed E-state index contributed by atoms with van der Waals surface area (Å²) in [4.78, 5) is 13.4. The lowest BCUT2D eigenvalue weighted by Crippen LogP contribution is -2.44. The summed E-state index contributed by atoms with van der Waals surface area (Å²) in [5.74, 6) is 0.121. The van der Waals surface area contributed by atoms with E-state index < -0.39 is 0 Å². The lowest BCUT2D eigenvalue weighted by atomic mass is 9.84. The van der Waals surface area contributed by atoms with Gasteiger partial charge in [0.05, 0.1) is 0 Å². The summed E-state index contributed by atoms with van der Waals surface area (Å²) in [6.45, 7) is 6.40. The average molecular weight is 185 g/mol. The van der Waals surface area contributed by atoms with Gasteiger partial charge < -0.3 is 9.64 Å². The van der Waals surface area contributed by atoms with Crippen LogP contribution in [0.15, 0.2) is 0 Å². The summed E-state index contributed by atoms with van der Waals surface area (Å²) in [7, 11) is 1.56. The van der Waals surface area contributed by atoms with Crippen molar-refractivity contribution in [1.29, 1.82) is 0 Å². The minimum Gasteiger partial charge on any atom is -0.375 e. The molecule has 0 aliphatic carbocycles. The Bertz CT molecular complexity index is 189. The number of hydrogen-bond acceptors (Lipinski definition) is 2. The molecule has 1 fully saturated rings. The predicted molar refractivity (Wildman–Crippen MR) is 51.5 cm³/mol. The van der Waals surface area contributed by atoms with Crippen LogP contribution in [0.2, 0.25) is 0 Å². The Morgan fingerprint density at radius 2 is 2.23 bits per heavy atom. The van der Waals surface area contributed by atoms with E-state index in [0.29, 0.717) is 0 Å². The van der Waals surface area contributed by atoms with E-state index in [2.05, 4.69) is 13.8 Å². The largest absolute Gasteiger partial charge is 0.375 e. The van der Waals surface area contributed by atoms with E-state index in [1.165, 1.54) is 6.42 Å². The van der Waals surface area contributed by atoms with Gasteiger partial charge >= 0.3 is 0 Å². The maximum Gasteiger partial charge on any atom is 0.248 e. The number of rotatable bonds is 2. The molecule has 0 aromatic rings. The smallest absolute Gasteiger partial charge is 0.248 e. The minimum atomic E-state index is 0.121. The number of carbonyl (C=O) groups is 1. The summed E-state index contributed by atoms with van der Waals surface area (Å²) >= 11 is 0. The van der Waals surface area contributed by atoms with Crippen molar-refractivity contribution in [2.75, 3.05) is 26.8 Å². The van der Waals surface area contributed by atoms with Gasteiger partial charge in [-0.05, 0) is 18.3 Å². The molecule has 1 saturated heterocycles. The van der Waals surface area contributed by atoms with Crippen molar-refractivity contribution in [3.8, 4) is 0 Å². The zero-order valence-corrected chi connectivity index (χ0v) is 8.80. The zero-order valence-electron chi connectivity index (χ0n) is 8.80. The number of amides is 1. The van der Waals surface area contributed by atoms with Crippen molar-refractivity contribution >= 4 is 5.91 Å². The second-order valence-electron chi connectivity index (χ2n) is 4.52. The van der Waals surface area contributed by atoms with E-state index in [-0.39, 0.29) is 17.9 Å². The fraction of sp³-hybridized carbons (Fsp3) is 0.900. The third kappa shape index (κ3) is 2.99. The van der Waals surface area contributed by atoms with Gasteiger partial charge in [-0.3, -0.25) is 4.79 Å². The van der Waals surface area contributed by atoms with Gasteiger partial charge in [-0.2, -0.15) is 0 Å². The Morgan fingerprint density at radius 1 is 1.54 bits per heavy atom. The SMILES string of the molecule is COCC(=O)N1CCCC(C)(C)C1. The molecule has 13 heavy (non-hydrogen) atoms. The topological polar surface area (TPSA) is 29.5 Å². The van der Waals surface area contributed by atoms with Crippen LogP contribution in [0.4, 0.5) is 0 Å². The van der Waals surface area contributed by atoms with Crippen molar-refractivity contribution in [2.45, 2.75) is 26.7 Å². The molecule has 1 amide bonds. The highest BCUT2D eigenvalue weighted by Crippen LogP contribution is 2.28. The van der Waals surface area contributed by atoms with Gasteiger partial charge in [0.2, 0.25) is 5.91 Å². The number of methoxy groups -OCH3 is 1. The lowest BCUT2D eigenvalue weighted by molar-refractivity contribution is -0.138. The first-order valence-corrected chi connectivity index (χ1v) is 4.82. The van der Waals surface area contributed by atoms with Gasteiger partial charge in [0.1, 0.15) is 6.61 Å². The molecule has 0 aromatic heterocycles. The van der Waals surface area contributed by atoms with Crippen molar-refractivity contribution < 1.29 is 9.53 Å². The number of piperidine rings is 1. The number of carbonyl (C=O) groups excluding carboxylic acids is 1. The Balaban J connectivity index is 2.47. The Hall–Kier alpha value is -0.570. The van der Waals surface area contributed by atoms with Crippen LogP contribution < -0.4 is 0 Å². The molecular weight excluding hydrogens is 166 g/mol. The maximum atomic E-state index is 11.5. The molecule has 1 heterocycles. The van der Waals surface area contributed by atoms with Gasteiger partial charge in [0, 0.05) is 20.2 Å². The molecule has 76 valence electrons. The van der Waals surface area contributed by atoms with Gasteiger partial charge in [0.15, 0.2) is 0 Å².